The number of hydrogen-bond acceptors (Lipinski definition) is 3. The molecule has 0 N–H and O–H groups in total. The van der Waals surface area contributed by atoms with E-state index in [0.29, 0.717) is 34.5 Å². The molecule has 138 valence electrons. The van der Waals surface area contributed by atoms with Crippen LogP contribution in [0.25, 0.3) is 11.1 Å². The minimum absolute atomic E-state index is 0.299. The Morgan fingerprint density at radius 3 is 2.00 bits per heavy atom. The Balaban J connectivity index is 1.88. The summed E-state index contributed by atoms with van der Waals surface area (Å²) in [6.07, 6.45) is -4.05. The van der Waals surface area contributed by atoms with E-state index < -0.39 is 6.36 Å². The zero-order chi connectivity index (χ0) is 19.4. The van der Waals surface area contributed by atoms with Gasteiger partial charge in [-0.05, 0) is 54.4 Å². The summed E-state index contributed by atoms with van der Waals surface area (Å²) in [5.41, 5.74) is 2.81. The summed E-state index contributed by atoms with van der Waals surface area (Å²) in [7, 11) is 0. The quantitative estimate of drug-likeness (QED) is 0.503. The molecule has 3 aromatic rings. The number of hydrogen-bond donors (Lipinski definition) is 0. The first-order valence-corrected chi connectivity index (χ1v) is 8.04. The third kappa shape index (κ3) is 4.88. The van der Waals surface area contributed by atoms with Crippen LogP contribution in [0.3, 0.4) is 0 Å². The van der Waals surface area contributed by atoms with Gasteiger partial charge in [0.15, 0.2) is 6.29 Å². The van der Waals surface area contributed by atoms with Crippen LogP contribution in [0.2, 0.25) is 0 Å². The van der Waals surface area contributed by atoms with E-state index in [-0.39, 0.29) is 5.75 Å². The first-order valence-electron chi connectivity index (χ1n) is 8.04. The zero-order valence-electron chi connectivity index (χ0n) is 14.3. The van der Waals surface area contributed by atoms with Crippen LogP contribution >= 0.6 is 0 Å². The van der Waals surface area contributed by atoms with E-state index in [2.05, 4.69) is 4.74 Å². The van der Waals surface area contributed by atoms with Crippen molar-refractivity contribution in [3.8, 4) is 28.4 Å². The van der Waals surface area contributed by atoms with Gasteiger partial charge in [0.1, 0.15) is 17.2 Å². The molecule has 0 bridgehead atoms. The lowest BCUT2D eigenvalue weighted by molar-refractivity contribution is -0.274. The van der Waals surface area contributed by atoms with Crippen molar-refractivity contribution in [1.82, 2.24) is 0 Å². The molecular formula is C21H15F3O3. The van der Waals surface area contributed by atoms with Gasteiger partial charge >= 0.3 is 6.36 Å². The summed E-state index contributed by atoms with van der Waals surface area (Å²) < 4.78 is 46.5. The predicted octanol–water partition coefficient (Wildman–Crippen LogP) is 6.17. The van der Waals surface area contributed by atoms with Crippen LogP contribution in [0, 0.1) is 6.92 Å². The van der Waals surface area contributed by atoms with Crippen molar-refractivity contribution >= 4 is 6.29 Å². The second kappa shape index (κ2) is 7.53. The molecule has 0 atom stereocenters. The lowest BCUT2D eigenvalue weighted by atomic mass is 10.0. The van der Waals surface area contributed by atoms with Crippen LogP contribution in [0.4, 0.5) is 13.2 Å². The molecule has 0 saturated heterocycles. The first-order chi connectivity index (χ1) is 12.8. The summed E-state index contributed by atoms with van der Waals surface area (Å²) in [5, 5.41) is 0. The highest BCUT2D eigenvalue weighted by molar-refractivity contribution is 5.82. The highest BCUT2D eigenvalue weighted by Crippen LogP contribution is 2.32. The Kier molecular flexibility index (Phi) is 5.16. The summed E-state index contributed by atoms with van der Waals surface area (Å²) in [6.45, 7) is 1.95. The number of halogens is 3. The van der Waals surface area contributed by atoms with Crippen molar-refractivity contribution in [1.29, 1.82) is 0 Å². The number of aldehydes is 1. The number of rotatable bonds is 5. The van der Waals surface area contributed by atoms with E-state index in [9.17, 15) is 18.0 Å². The topological polar surface area (TPSA) is 35.5 Å². The molecule has 3 aromatic carbocycles. The Hall–Kier alpha value is -3.28. The fraction of sp³-hybridized carbons (Fsp3) is 0.0952. The van der Waals surface area contributed by atoms with E-state index in [1.54, 1.807) is 30.3 Å². The van der Waals surface area contributed by atoms with Gasteiger partial charge < -0.3 is 9.47 Å². The van der Waals surface area contributed by atoms with Crippen molar-refractivity contribution in [2.45, 2.75) is 13.3 Å². The fourth-order valence-electron chi connectivity index (χ4n) is 2.48. The van der Waals surface area contributed by atoms with Gasteiger partial charge in [-0.1, -0.05) is 35.9 Å². The predicted molar refractivity (Wildman–Crippen MR) is 95.2 cm³/mol. The molecule has 0 heterocycles. The van der Waals surface area contributed by atoms with Gasteiger partial charge in [0.2, 0.25) is 0 Å². The molecule has 0 aliphatic rings. The third-order valence-corrected chi connectivity index (χ3v) is 3.81. The van der Waals surface area contributed by atoms with Crippen LogP contribution in [0.15, 0.2) is 66.7 Å². The molecule has 6 heteroatoms. The molecule has 0 fully saturated rings. The van der Waals surface area contributed by atoms with Crippen LogP contribution in [0.5, 0.6) is 17.2 Å². The molecule has 27 heavy (non-hydrogen) atoms. The standard InChI is InChI=1S/C21H15F3O3/c1-14-2-8-18(9-3-14)26-20-12-16(4-5-17(20)13-25)15-6-10-19(11-7-15)27-21(22,23)24/h2-13H,1H3. The fourth-order valence-corrected chi connectivity index (χ4v) is 2.48. The third-order valence-electron chi connectivity index (χ3n) is 3.81. The minimum Gasteiger partial charge on any atom is -0.457 e. The molecule has 0 aromatic heterocycles. The molecule has 0 aliphatic carbocycles. The zero-order valence-corrected chi connectivity index (χ0v) is 14.3. The van der Waals surface area contributed by atoms with E-state index in [0.717, 1.165) is 5.56 Å². The Labute approximate surface area is 154 Å². The number of aryl methyl sites for hydroxylation is 1. The molecular weight excluding hydrogens is 357 g/mol. The molecule has 0 amide bonds. The molecule has 3 rings (SSSR count). The minimum atomic E-state index is -4.73. The van der Waals surface area contributed by atoms with Crippen molar-refractivity contribution in [2.75, 3.05) is 0 Å². The van der Waals surface area contributed by atoms with Crippen LogP contribution in [0.1, 0.15) is 15.9 Å². The van der Waals surface area contributed by atoms with Gasteiger partial charge in [0.25, 0.3) is 0 Å². The van der Waals surface area contributed by atoms with Crippen molar-refractivity contribution in [2.24, 2.45) is 0 Å². The monoisotopic (exact) mass is 372 g/mol. The summed E-state index contributed by atoms with van der Waals surface area (Å²) in [4.78, 5) is 11.3. The molecule has 0 spiro atoms. The maximum atomic E-state index is 12.3. The lowest BCUT2D eigenvalue weighted by Gasteiger charge is -2.12. The SMILES string of the molecule is Cc1ccc(Oc2cc(-c3ccc(OC(F)(F)F)cc3)ccc2C=O)cc1. The second-order valence-electron chi connectivity index (χ2n) is 5.86. The average molecular weight is 372 g/mol. The highest BCUT2D eigenvalue weighted by atomic mass is 19.4. The summed E-state index contributed by atoms with van der Waals surface area (Å²) >= 11 is 0. The highest BCUT2D eigenvalue weighted by Gasteiger charge is 2.30. The molecule has 0 saturated carbocycles. The van der Waals surface area contributed by atoms with E-state index in [1.165, 1.54) is 24.3 Å². The normalized spacial score (nSPS) is 11.1. The largest absolute Gasteiger partial charge is 0.573 e. The Morgan fingerprint density at radius 2 is 1.41 bits per heavy atom. The van der Waals surface area contributed by atoms with E-state index in [4.69, 9.17) is 4.74 Å². The van der Waals surface area contributed by atoms with Crippen molar-refractivity contribution < 1.29 is 27.4 Å². The van der Waals surface area contributed by atoms with Gasteiger partial charge in [-0.25, -0.2) is 0 Å². The average Bonchev–Trinajstić information content (AvgIpc) is 2.63. The molecule has 0 unspecified atom stereocenters. The number of carbonyl (C=O) groups is 1. The lowest BCUT2D eigenvalue weighted by Crippen LogP contribution is -2.16. The smallest absolute Gasteiger partial charge is 0.457 e. The number of carbonyl (C=O) groups excluding carboxylic acids is 1. The van der Waals surface area contributed by atoms with Crippen LogP contribution in [-0.4, -0.2) is 12.6 Å². The number of benzene rings is 3. The number of ether oxygens (including phenoxy) is 2. The second-order valence-corrected chi connectivity index (χ2v) is 5.86. The summed E-state index contributed by atoms with van der Waals surface area (Å²) in [6, 6.07) is 17.8. The first kappa shape index (κ1) is 18.5. The van der Waals surface area contributed by atoms with Gasteiger partial charge in [-0.15, -0.1) is 13.2 Å². The van der Waals surface area contributed by atoms with Crippen molar-refractivity contribution in [3.05, 3.63) is 77.9 Å². The molecule has 0 radical (unpaired) electrons. The van der Waals surface area contributed by atoms with Gasteiger partial charge in [0, 0.05) is 0 Å². The molecule has 0 aliphatic heterocycles. The Morgan fingerprint density at radius 1 is 0.815 bits per heavy atom. The van der Waals surface area contributed by atoms with Gasteiger partial charge in [0.05, 0.1) is 5.56 Å². The Bertz CT molecular complexity index is 930. The van der Waals surface area contributed by atoms with E-state index in [1.807, 2.05) is 19.1 Å². The maximum Gasteiger partial charge on any atom is 0.573 e. The van der Waals surface area contributed by atoms with Crippen molar-refractivity contribution in [3.63, 3.8) is 0 Å². The van der Waals surface area contributed by atoms with E-state index >= 15 is 0 Å². The maximum absolute atomic E-state index is 12.3. The van der Waals surface area contributed by atoms with Crippen LogP contribution < -0.4 is 9.47 Å². The van der Waals surface area contributed by atoms with Crippen LogP contribution in [-0.2, 0) is 0 Å². The number of alkyl halides is 3. The van der Waals surface area contributed by atoms with Gasteiger partial charge in [-0.2, -0.15) is 0 Å². The molecule has 3 nitrogen and oxygen atoms in total. The van der Waals surface area contributed by atoms with Gasteiger partial charge in [-0.3, -0.25) is 4.79 Å². The summed E-state index contributed by atoms with van der Waals surface area (Å²) in [5.74, 6) is 0.642.